The summed E-state index contributed by atoms with van der Waals surface area (Å²) in [5.41, 5.74) is -0.272. The summed E-state index contributed by atoms with van der Waals surface area (Å²) < 4.78 is 10.0. The summed E-state index contributed by atoms with van der Waals surface area (Å²) in [5, 5.41) is 14.0. The third kappa shape index (κ3) is 5.32. The number of carbonyl (C=O) groups excluding carboxylic acids is 2. The molecule has 0 bridgehead atoms. The number of esters is 1. The lowest BCUT2D eigenvalue weighted by molar-refractivity contribution is -0.385. The third-order valence-electron chi connectivity index (χ3n) is 3.25. The van der Waals surface area contributed by atoms with Crippen LogP contribution in [0.1, 0.15) is 17.3 Å². The van der Waals surface area contributed by atoms with E-state index in [1.165, 1.54) is 24.3 Å². The highest BCUT2D eigenvalue weighted by Crippen LogP contribution is 2.30. The summed E-state index contributed by atoms with van der Waals surface area (Å²) in [6.45, 7) is 1.28. The van der Waals surface area contributed by atoms with Crippen molar-refractivity contribution in [2.75, 3.05) is 18.5 Å². The quantitative estimate of drug-likeness (QED) is 0.416. The van der Waals surface area contributed by atoms with Gasteiger partial charge in [0.15, 0.2) is 12.4 Å². The number of anilines is 1. The Labute approximate surface area is 164 Å². The number of hydrogen-bond donors (Lipinski definition) is 1. The molecular weight excluding hydrogens is 399 g/mol. The number of nitrogens with one attached hydrogen (secondary N) is 1. The molecule has 0 saturated carbocycles. The molecule has 10 heteroatoms. The van der Waals surface area contributed by atoms with Crippen molar-refractivity contribution in [1.82, 2.24) is 0 Å². The van der Waals surface area contributed by atoms with Crippen LogP contribution in [0.15, 0.2) is 36.4 Å². The Morgan fingerprint density at radius 1 is 1.19 bits per heavy atom. The maximum Gasteiger partial charge on any atom is 0.338 e. The Morgan fingerprint density at radius 3 is 2.44 bits per heavy atom. The zero-order chi connectivity index (χ0) is 20.0. The van der Waals surface area contributed by atoms with E-state index in [0.717, 1.165) is 6.07 Å². The van der Waals surface area contributed by atoms with Crippen LogP contribution in [0.3, 0.4) is 0 Å². The molecule has 2 aromatic carbocycles. The highest BCUT2D eigenvalue weighted by atomic mass is 35.5. The van der Waals surface area contributed by atoms with Crippen LogP contribution in [0.2, 0.25) is 10.0 Å². The van der Waals surface area contributed by atoms with Gasteiger partial charge in [0.05, 0.1) is 32.8 Å². The van der Waals surface area contributed by atoms with Gasteiger partial charge in [-0.15, -0.1) is 0 Å². The molecule has 0 aliphatic carbocycles. The molecule has 0 atom stereocenters. The predicted molar refractivity (Wildman–Crippen MR) is 99.6 cm³/mol. The minimum Gasteiger partial charge on any atom is -0.487 e. The van der Waals surface area contributed by atoms with E-state index in [1.54, 1.807) is 13.0 Å². The molecule has 27 heavy (non-hydrogen) atoms. The molecule has 0 aliphatic heterocycles. The molecule has 0 aliphatic rings. The smallest absolute Gasteiger partial charge is 0.338 e. The van der Waals surface area contributed by atoms with Gasteiger partial charge < -0.3 is 14.8 Å². The van der Waals surface area contributed by atoms with Gasteiger partial charge in [0, 0.05) is 6.07 Å². The molecule has 0 radical (unpaired) electrons. The molecule has 142 valence electrons. The minimum atomic E-state index is -0.901. The molecule has 1 N–H and O–H groups in total. The van der Waals surface area contributed by atoms with E-state index >= 15 is 0 Å². The molecule has 2 aromatic rings. The van der Waals surface area contributed by atoms with Gasteiger partial charge in [-0.25, -0.2) is 4.79 Å². The number of rotatable bonds is 7. The van der Waals surface area contributed by atoms with E-state index in [4.69, 9.17) is 32.7 Å². The van der Waals surface area contributed by atoms with Crippen molar-refractivity contribution in [3.8, 4) is 5.75 Å². The second-order valence-corrected chi connectivity index (χ2v) is 5.91. The molecule has 0 aromatic heterocycles. The second-order valence-electron chi connectivity index (χ2n) is 5.09. The van der Waals surface area contributed by atoms with Crippen molar-refractivity contribution in [3.05, 3.63) is 62.1 Å². The first-order valence-corrected chi connectivity index (χ1v) is 8.41. The molecule has 0 fully saturated rings. The number of nitrogens with zero attached hydrogens (tertiary/aromatic N) is 1. The molecule has 8 nitrogen and oxygen atoms in total. The predicted octanol–water partition coefficient (Wildman–Crippen LogP) is 4.10. The number of hydrogen-bond acceptors (Lipinski definition) is 6. The molecule has 2 rings (SSSR count). The van der Waals surface area contributed by atoms with Gasteiger partial charge in [-0.3, -0.25) is 14.9 Å². The Balaban J connectivity index is 2.04. The lowest BCUT2D eigenvalue weighted by Gasteiger charge is -2.10. The summed E-state index contributed by atoms with van der Waals surface area (Å²) in [7, 11) is 0. The van der Waals surface area contributed by atoms with Gasteiger partial charge in [0.25, 0.3) is 5.91 Å². The van der Waals surface area contributed by atoms with E-state index in [2.05, 4.69) is 5.32 Å². The number of carbonyl (C=O) groups is 2. The number of para-hydroxylation sites is 1. The van der Waals surface area contributed by atoms with Gasteiger partial charge in [-0.2, -0.15) is 0 Å². The Kier molecular flexibility index (Phi) is 6.98. The monoisotopic (exact) mass is 412 g/mol. The first kappa shape index (κ1) is 20.5. The standard InChI is InChI=1S/C17H14Cl2N2O6/c1-2-26-14-7-6-10(8-13(14)21(24)25)17(23)27-9-15(22)20-16-11(18)4-3-5-12(16)19/h3-8H,2,9H2,1H3,(H,20,22). The first-order chi connectivity index (χ1) is 12.8. The Hall–Kier alpha value is -2.84. The molecule has 0 spiro atoms. The second kappa shape index (κ2) is 9.20. The Morgan fingerprint density at radius 2 is 1.85 bits per heavy atom. The van der Waals surface area contributed by atoms with E-state index in [1.807, 2.05) is 0 Å². The van der Waals surface area contributed by atoms with Crippen LogP contribution in [0.4, 0.5) is 11.4 Å². The van der Waals surface area contributed by atoms with E-state index in [9.17, 15) is 19.7 Å². The fourth-order valence-corrected chi connectivity index (χ4v) is 2.56. The SMILES string of the molecule is CCOc1ccc(C(=O)OCC(=O)Nc2c(Cl)cccc2Cl)cc1[N+](=O)[O-]. The summed E-state index contributed by atoms with van der Waals surface area (Å²) in [5.74, 6) is -1.54. The van der Waals surface area contributed by atoms with Gasteiger partial charge >= 0.3 is 11.7 Å². The maximum absolute atomic E-state index is 12.1. The van der Waals surface area contributed by atoms with Gasteiger partial charge in [0.1, 0.15) is 0 Å². The minimum absolute atomic E-state index is 0.0326. The van der Waals surface area contributed by atoms with E-state index in [0.29, 0.717) is 0 Å². The zero-order valence-electron chi connectivity index (χ0n) is 14.0. The number of benzene rings is 2. The molecule has 0 unspecified atom stereocenters. The molecule has 1 amide bonds. The topological polar surface area (TPSA) is 108 Å². The normalized spacial score (nSPS) is 10.2. The number of halogens is 2. The summed E-state index contributed by atoms with van der Waals surface area (Å²) in [4.78, 5) is 34.4. The van der Waals surface area contributed by atoms with E-state index in [-0.39, 0.29) is 39.3 Å². The summed E-state index contributed by atoms with van der Waals surface area (Å²) in [6.07, 6.45) is 0. The molecule has 0 saturated heterocycles. The van der Waals surface area contributed by atoms with Crippen LogP contribution in [0.5, 0.6) is 5.75 Å². The summed E-state index contributed by atoms with van der Waals surface area (Å²) >= 11 is 11.9. The first-order valence-electron chi connectivity index (χ1n) is 7.65. The van der Waals surface area contributed by atoms with Crippen LogP contribution in [-0.4, -0.2) is 30.0 Å². The third-order valence-corrected chi connectivity index (χ3v) is 3.88. The summed E-state index contributed by atoms with van der Waals surface area (Å²) in [6, 6.07) is 8.31. The zero-order valence-corrected chi connectivity index (χ0v) is 15.5. The lowest BCUT2D eigenvalue weighted by atomic mass is 10.2. The highest BCUT2D eigenvalue weighted by Gasteiger charge is 2.20. The largest absolute Gasteiger partial charge is 0.487 e. The van der Waals surface area contributed by atoms with Crippen molar-refractivity contribution < 1.29 is 24.0 Å². The molecular formula is C17H14Cl2N2O6. The van der Waals surface area contributed by atoms with E-state index < -0.39 is 23.4 Å². The average Bonchev–Trinajstić information content (AvgIpc) is 2.63. The van der Waals surface area contributed by atoms with Crippen LogP contribution < -0.4 is 10.1 Å². The number of amides is 1. The van der Waals surface area contributed by atoms with Crippen LogP contribution in [0.25, 0.3) is 0 Å². The highest BCUT2D eigenvalue weighted by molar-refractivity contribution is 6.39. The van der Waals surface area contributed by atoms with Crippen LogP contribution >= 0.6 is 23.2 Å². The number of nitro benzene ring substituents is 1. The van der Waals surface area contributed by atoms with Gasteiger partial charge in [0.2, 0.25) is 0 Å². The van der Waals surface area contributed by atoms with Crippen LogP contribution in [-0.2, 0) is 9.53 Å². The van der Waals surface area contributed by atoms with Gasteiger partial charge in [-0.1, -0.05) is 29.3 Å². The Bertz CT molecular complexity index is 867. The van der Waals surface area contributed by atoms with Crippen LogP contribution in [0, 0.1) is 10.1 Å². The fourth-order valence-electron chi connectivity index (χ4n) is 2.07. The van der Waals surface area contributed by atoms with Crippen molar-refractivity contribution >= 4 is 46.5 Å². The number of ether oxygens (including phenoxy) is 2. The average molecular weight is 413 g/mol. The van der Waals surface area contributed by atoms with Crippen molar-refractivity contribution in [2.24, 2.45) is 0 Å². The maximum atomic E-state index is 12.1. The lowest BCUT2D eigenvalue weighted by Crippen LogP contribution is -2.21. The molecule has 0 heterocycles. The van der Waals surface area contributed by atoms with Crippen molar-refractivity contribution in [2.45, 2.75) is 6.92 Å². The van der Waals surface area contributed by atoms with Crippen molar-refractivity contribution in [1.29, 1.82) is 0 Å². The van der Waals surface area contributed by atoms with Crippen molar-refractivity contribution in [3.63, 3.8) is 0 Å². The van der Waals surface area contributed by atoms with Gasteiger partial charge in [-0.05, 0) is 31.2 Å². The number of nitro groups is 1. The fraction of sp³-hybridized carbons (Fsp3) is 0.176.